The van der Waals surface area contributed by atoms with Gasteiger partial charge in [0.15, 0.2) is 0 Å². The van der Waals surface area contributed by atoms with Crippen LogP contribution in [0.1, 0.15) is 5.69 Å². The van der Waals surface area contributed by atoms with Crippen molar-refractivity contribution in [1.29, 1.82) is 0 Å². The van der Waals surface area contributed by atoms with Gasteiger partial charge in [0.1, 0.15) is 0 Å². The maximum atomic E-state index is 5.04. The fraction of sp³-hybridized carbons (Fsp3) is 0.200. The Hall–Kier alpha value is -0.870. The quantitative estimate of drug-likeness (QED) is 0.464. The Bertz CT molecular complexity index is 203. The van der Waals surface area contributed by atoms with Crippen molar-refractivity contribution in [2.75, 3.05) is 5.43 Å². The number of anilines is 1. The molecular weight excluding hydrogens is 152 g/mol. The maximum Gasteiger partial charge on any atom is 0.237 e. The van der Waals surface area contributed by atoms with E-state index in [2.05, 4.69) is 15.4 Å². The van der Waals surface area contributed by atoms with Crippen molar-refractivity contribution in [1.82, 2.24) is 9.97 Å². The average molecular weight is 161 g/mol. The summed E-state index contributed by atoms with van der Waals surface area (Å²) in [6.07, 6.45) is 1.65. The molecule has 56 valence electrons. The molecule has 0 amide bonds. The van der Waals surface area contributed by atoms with Gasteiger partial charge in [0, 0.05) is 11.9 Å². The van der Waals surface area contributed by atoms with E-state index in [4.69, 9.17) is 5.84 Å². The van der Waals surface area contributed by atoms with Crippen LogP contribution in [0.5, 0.6) is 0 Å². The monoisotopic (exact) mass is 160 g/mol. The van der Waals surface area contributed by atoms with E-state index in [1.54, 1.807) is 12.3 Å². The van der Waals surface area contributed by atoms with E-state index in [1.807, 2.05) is 6.92 Å². The van der Waals surface area contributed by atoms with Crippen molar-refractivity contribution >= 4 is 18.4 Å². The highest BCUT2D eigenvalue weighted by molar-refractivity contribution is 5.85. The first-order valence-corrected chi connectivity index (χ1v) is 2.59. The van der Waals surface area contributed by atoms with Crippen LogP contribution in [-0.4, -0.2) is 9.97 Å². The molecule has 0 saturated carbocycles. The molecular formula is C5H9ClN4. The molecule has 10 heavy (non-hydrogen) atoms. The largest absolute Gasteiger partial charge is 0.292 e. The third-order valence-electron chi connectivity index (χ3n) is 0.924. The molecule has 1 aromatic rings. The molecule has 1 aromatic heterocycles. The smallest absolute Gasteiger partial charge is 0.237 e. The lowest BCUT2D eigenvalue weighted by molar-refractivity contribution is 1.07. The van der Waals surface area contributed by atoms with Gasteiger partial charge in [0.2, 0.25) is 5.95 Å². The fourth-order valence-electron chi connectivity index (χ4n) is 0.518. The van der Waals surface area contributed by atoms with Crippen molar-refractivity contribution < 1.29 is 0 Å². The van der Waals surface area contributed by atoms with Gasteiger partial charge < -0.3 is 0 Å². The summed E-state index contributed by atoms with van der Waals surface area (Å²) in [6, 6.07) is 1.81. The Morgan fingerprint density at radius 1 is 1.60 bits per heavy atom. The highest BCUT2D eigenvalue weighted by Gasteiger charge is 1.88. The number of nitrogens with one attached hydrogen (secondary N) is 1. The van der Waals surface area contributed by atoms with Crippen LogP contribution in [0.2, 0.25) is 0 Å². The summed E-state index contributed by atoms with van der Waals surface area (Å²) in [6.45, 7) is 1.88. The third kappa shape index (κ3) is 2.16. The van der Waals surface area contributed by atoms with E-state index >= 15 is 0 Å². The number of nitrogens with two attached hydrogens (primary N) is 1. The van der Waals surface area contributed by atoms with Crippen LogP contribution in [0.25, 0.3) is 0 Å². The normalized spacial score (nSPS) is 8.20. The van der Waals surface area contributed by atoms with Gasteiger partial charge in [-0.15, -0.1) is 12.4 Å². The summed E-state index contributed by atoms with van der Waals surface area (Å²) >= 11 is 0. The molecule has 0 aliphatic carbocycles. The number of hydrogen-bond donors (Lipinski definition) is 2. The van der Waals surface area contributed by atoms with Crippen LogP contribution < -0.4 is 11.3 Å². The minimum atomic E-state index is 0. The number of nitrogens with zero attached hydrogens (tertiary/aromatic N) is 2. The summed E-state index contributed by atoms with van der Waals surface area (Å²) in [5.74, 6) is 5.50. The van der Waals surface area contributed by atoms with Gasteiger partial charge in [-0.05, 0) is 13.0 Å². The van der Waals surface area contributed by atoms with E-state index in [-0.39, 0.29) is 12.4 Å². The van der Waals surface area contributed by atoms with Gasteiger partial charge in [-0.3, -0.25) is 5.43 Å². The van der Waals surface area contributed by atoms with Crippen LogP contribution in [-0.2, 0) is 0 Å². The Labute approximate surface area is 65.2 Å². The Morgan fingerprint density at radius 3 is 2.70 bits per heavy atom. The highest BCUT2D eigenvalue weighted by atomic mass is 35.5. The molecule has 0 aromatic carbocycles. The predicted octanol–water partition coefficient (Wildman–Crippen LogP) is 0.492. The summed E-state index contributed by atoms with van der Waals surface area (Å²) < 4.78 is 0. The van der Waals surface area contributed by atoms with Gasteiger partial charge in [0.05, 0.1) is 0 Å². The van der Waals surface area contributed by atoms with Crippen molar-refractivity contribution in [3.05, 3.63) is 18.0 Å². The Balaban J connectivity index is 0.000000810. The lowest BCUT2D eigenvalue weighted by atomic mass is 10.5. The standard InChI is InChI=1S/C5H8N4.ClH/c1-4-2-3-7-5(8-4)9-6;/h2-3H,6H2,1H3,(H,7,8,9);1H. The number of aromatic nitrogens is 2. The van der Waals surface area contributed by atoms with E-state index < -0.39 is 0 Å². The van der Waals surface area contributed by atoms with Crippen LogP contribution >= 0.6 is 12.4 Å². The fourth-order valence-corrected chi connectivity index (χ4v) is 0.518. The molecule has 0 radical (unpaired) electrons. The minimum Gasteiger partial charge on any atom is -0.292 e. The second-order valence-corrected chi connectivity index (χ2v) is 1.67. The molecule has 0 aliphatic heterocycles. The van der Waals surface area contributed by atoms with Crippen molar-refractivity contribution in [2.45, 2.75) is 6.92 Å². The SMILES string of the molecule is Cc1ccnc(NN)n1.Cl. The predicted molar refractivity (Wildman–Crippen MR) is 41.8 cm³/mol. The zero-order chi connectivity index (χ0) is 6.69. The van der Waals surface area contributed by atoms with Crippen molar-refractivity contribution in [2.24, 2.45) is 5.84 Å². The van der Waals surface area contributed by atoms with E-state index in [1.165, 1.54) is 0 Å². The lowest BCUT2D eigenvalue weighted by Crippen LogP contribution is -2.10. The molecule has 0 atom stereocenters. The Morgan fingerprint density at radius 2 is 2.30 bits per heavy atom. The first kappa shape index (κ1) is 9.13. The number of hydrazine groups is 1. The highest BCUT2D eigenvalue weighted by Crippen LogP contribution is 1.94. The third-order valence-corrected chi connectivity index (χ3v) is 0.924. The molecule has 0 bridgehead atoms. The van der Waals surface area contributed by atoms with Gasteiger partial charge in [-0.2, -0.15) is 0 Å². The molecule has 0 saturated heterocycles. The van der Waals surface area contributed by atoms with Gasteiger partial charge in [-0.1, -0.05) is 0 Å². The van der Waals surface area contributed by atoms with E-state index in [0.29, 0.717) is 5.95 Å². The molecule has 5 heteroatoms. The van der Waals surface area contributed by atoms with Crippen LogP contribution in [0, 0.1) is 6.92 Å². The molecule has 0 unspecified atom stereocenters. The molecule has 3 N–H and O–H groups in total. The van der Waals surface area contributed by atoms with E-state index in [9.17, 15) is 0 Å². The Kier molecular flexibility index (Phi) is 3.68. The first-order chi connectivity index (χ1) is 4.33. The molecule has 1 heterocycles. The first-order valence-electron chi connectivity index (χ1n) is 2.59. The van der Waals surface area contributed by atoms with Gasteiger partial charge in [-0.25, -0.2) is 15.8 Å². The summed E-state index contributed by atoms with van der Waals surface area (Å²) in [5.41, 5.74) is 3.25. The number of rotatable bonds is 1. The number of hydrogen-bond acceptors (Lipinski definition) is 4. The summed E-state index contributed by atoms with van der Waals surface area (Å²) in [4.78, 5) is 7.76. The maximum absolute atomic E-state index is 5.04. The van der Waals surface area contributed by atoms with E-state index in [0.717, 1.165) is 5.69 Å². The molecule has 1 rings (SSSR count). The minimum absolute atomic E-state index is 0. The summed E-state index contributed by atoms with van der Waals surface area (Å²) in [5, 5.41) is 0. The summed E-state index contributed by atoms with van der Waals surface area (Å²) in [7, 11) is 0. The van der Waals surface area contributed by atoms with Crippen molar-refractivity contribution in [3.8, 4) is 0 Å². The van der Waals surface area contributed by atoms with Crippen LogP contribution in [0.15, 0.2) is 12.3 Å². The second kappa shape index (κ2) is 4.03. The molecule has 0 aliphatic rings. The van der Waals surface area contributed by atoms with Gasteiger partial charge >= 0.3 is 0 Å². The molecule has 0 fully saturated rings. The number of aryl methyl sites for hydroxylation is 1. The van der Waals surface area contributed by atoms with Gasteiger partial charge in [0.25, 0.3) is 0 Å². The van der Waals surface area contributed by atoms with Crippen LogP contribution in [0.3, 0.4) is 0 Å². The second-order valence-electron chi connectivity index (χ2n) is 1.67. The molecule has 4 nitrogen and oxygen atoms in total. The zero-order valence-corrected chi connectivity index (χ0v) is 6.35. The topological polar surface area (TPSA) is 63.8 Å². The van der Waals surface area contributed by atoms with Crippen LogP contribution in [0.4, 0.5) is 5.95 Å². The molecule has 0 spiro atoms. The number of halogens is 1. The zero-order valence-electron chi connectivity index (χ0n) is 5.53. The van der Waals surface area contributed by atoms with Crippen molar-refractivity contribution in [3.63, 3.8) is 0 Å². The average Bonchev–Trinajstić information content (AvgIpc) is 1.88. The lowest BCUT2D eigenvalue weighted by Gasteiger charge is -1.95. The number of nitrogen functional groups attached to an aromatic ring is 1.